The lowest BCUT2D eigenvalue weighted by Gasteiger charge is -2.23. The van der Waals surface area contributed by atoms with Crippen molar-refractivity contribution in [1.29, 1.82) is 0 Å². The molecule has 0 spiro atoms. The molecule has 128 valence electrons. The summed E-state index contributed by atoms with van der Waals surface area (Å²) in [7, 11) is 0. The second kappa shape index (κ2) is 7.25. The van der Waals surface area contributed by atoms with Crippen LogP contribution in [0.4, 0.5) is 0 Å². The highest BCUT2D eigenvalue weighted by atomic mass is 32.2. The van der Waals surface area contributed by atoms with E-state index in [1.54, 1.807) is 18.2 Å². The van der Waals surface area contributed by atoms with Crippen LogP contribution in [0.25, 0.3) is 6.08 Å². The van der Waals surface area contributed by atoms with Gasteiger partial charge in [-0.1, -0.05) is 54.3 Å². The second-order valence-electron chi connectivity index (χ2n) is 5.54. The summed E-state index contributed by atoms with van der Waals surface area (Å²) in [5.74, 6) is -0.232. The van der Waals surface area contributed by atoms with Crippen LogP contribution in [0.3, 0.4) is 0 Å². The van der Waals surface area contributed by atoms with Crippen LogP contribution < -0.4 is 0 Å². The molecule has 2 heterocycles. The SMILES string of the molecule is Cc1ccc(/C=C2/SC(=S)N(C(Cc3ccccc3)C(=O)O)C2=O)o1. The van der Waals surface area contributed by atoms with Crippen LogP contribution in [0.5, 0.6) is 0 Å². The molecule has 1 aliphatic heterocycles. The average molecular weight is 373 g/mol. The van der Waals surface area contributed by atoms with Gasteiger partial charge in [0.05, 0.1) is 4.91 Å². The maximum atomic E-state index is 12.7. The van der Waals surface area contributed by atoms with E-state index in [2.05, 4.69) is 0 Å². The van der Waals surface area contributed by atoms with Gasteiger partial charge < -0.3 is 9.52 Å². The molecule has 1 fully saturated rings. The second-order valence-corrected chi connectivity index (χ2v) is 7.22. The fourth-order valence-corrected chi connectivity index (χ4v) is 3.87. The number of aliphatic carboxylic acids is 1. The summed E-state index contributed by atoms with van der Waals surface area (Å²) in [5, 5.41) is 9.61. The van der Waals surface area contributed by atoms with Gasteiger partial charge in [-0.05, 0) is 24.6 Å². The van der Waals surface area contributed by atoms with Crippen LogP contribution in [-0.4, -0.2) is 32.2 Å². The van der Waals surface area contributed by atoms with Crippen LogP contribution in [-0.2, 0) is 16.0 Å². The number of nitrogens with zero attached hydrogens (tertiary/aromatic N) is 1. The van der Waals surface area contributed by atoms with Crippen LogP contribution >= 0.6 is 24.0 Å². The Kier molecular flexibility index (Phi) is 5.06. The van der Waals surface area contributed by atoms with Gasteiger partial charge in [0.1, 0.15) is 21.9 Å². The maximum Gasteiger partial charge on any atom is 0.327 e. The molecule has 1 N–H and O–H groups in total. The van der Waals surface area contributed by atoms with Crippen LogP contribution in [0.15, 0.2) is 51.8 Å². The molecule has 0 saturated carbocycles. The van der Waals surface area contributed by atoms with E-state index in [4.69, 9.17) is 16.6 Å². The fourth-order valence-electron chi connectivity index (χ4n) is 2.54. The number of carbonyl (C=O) groups excluding carboxylic acids is 1. The highest BCUT2D eigenvalue weighted by molar-refractivity contribution is 8.26. The van der Waals surface area contributed by atoms with Crippen molar-refractivity contribution in [1.82, 2.24) is 4.90 Å². The zero-order valence-corrected chi connectivity index (χ0v) is 15.0. The molecule has 1 aromatic carbocycles. The zero-order valence-electron chi connectivity index (χ0n) is 13.3. The monoisotopic (exact) mass is 373 g/mol. The molecule has 0 radical (unpaired) electrons. The summed E-state index contributed by atoms with van der Waals surface area (Å²) in [5.41, 5.74) is 0.828. The van der Waals surface area contributed by atoms with Gasteiger partial charge in [-0.3, -0.25) is 9.69 Å². The third-order valence-corrected chi connectivity index (χ3v) is 5.06. The van der Waals surface area contributed by atoms with E-state index in [9.17, 15) is 14.7 Å². The molecule has 1 saturated heterocycles. The zero-order chi connectivity index (χ0) is 18.0. The number of thiocarbonyl (C=S) groups is 1. The molecular formula is C18H15NO4S2. The van der Waals surface area contributed by atoms with E-state index < -0.39 is 17.9 Å². The van der Waals surface area contributed by atoms with Gasteiger partial charge in [0.15, 0.2) is 0 Å². The Bertz CT molecular complexity index is 857. The smallest absolute Gasteiger partial charge is 0.327 e. The molecule has 1 aliphatic rings. The summed E-state index contributed by atoms with van der Waals surface area (Å²) >= 11 is 6.35. The Morgan fingerprint density at radius 1 is 1.32 bits per heavy atom. The molecule has 1 amide bonds. The lowest BCUT2D eigenvalue weighted by Crippen LogP contribution is -2.45. The van der Waals surface area contributed by atoms with E-state index in [1.165, 1.54) is 4.90 Å². The molecule has 3 rings (SSSR count). The van der Waals surface area contributed by atoms with Crippen molar-refractivity contribution in [3.63, 3.8) is 0 Å². The molecule has 25 heavy (non-hydrogen) atoms. The van der Waals surface area contributed by atoms with Crippen molar-refractivity contribution in [2.24, 2.45) is 0 Å². The molecule has 0 aliphatic carbocycles. The number of carboxylic acids is 1. The third-order valence-electron chi connectivity index (χ3n) is 3.73. The molecule has 1 atom stereocenters. The first-order chi connectivity index (χ1) is 12.0. The van der Waals surface area contributed by atoms with Gasteiger partial charge in [0, 0.05) is 12.5 Å². The number of hydrogen-bond acceptors (Lipinski definition) is 5. The Labute approximate surface area is 154 Å². The van der Waals surface area contributed by atoms with Crippen LogP contribution in [0.1, 0.15) is 17.1 Å². The van der Waals surface area contributed by atoms with Crippen molar-refractivity contribution in [2.45, 2.75) is 19.4 Å². The summed E-state index contributed by atoms with van der Waals surface area (Å²) in [6.07, 6.45) is 1.78. The van der Waals surface area contributed by atoms with Gasteiger partial charge in [0.25, 0.3) is 5.91 Å². The van der Waals surface area contributed by atoms with Gasteiger partial charge in [-0.15, -0.1) is 0 Å². The molecule has 1 aromatic heterocycles. The molecular weight excluding hydrogens is 358 g/mol. The van der Waals surface area contributed by atoms with E-state index in [1.807, 2.05) is 37.3 Å². The van der Waals surface area contributed by atoms with Crippen molar-refractivity contribution in [2.75, 3.05) is 0 Å². The highest BCUT2D eigenvalue weighted by Gasteiger charge is 2.40. The number of carbonyl (C=O) groups is 2. The lowest BCUT2D eigenvalue weighted by molar-refractivity contribution is -0.145. The van der Waals surface area contributed by atoms with Crippen molar-refractivity contribution >= 4 is 46.3 Å². The summed E-state index contributed by atoms with van der Waals surface area (Å²) in [4.78, 5) is 26.0. The minimum absolute atomic E-state index is 0.190. The predicted octanol–water partition coefficient (Wildman–Crippen LogP) is 3.49. The normalized spacial score (nSPS) is 17.3. The largest absolute Gasteiger partial charge is 0.480 e. The molecule has 5 nitrogen and oxygen atoms in total. The van der Waals surface area contributed by atoms with Gasteiger partial charge >= 0.3 is 5.97 Å². The van der Waals surface area contributed by atoms with Gasteiger partial charge in [-0.2, -0.15) is 0 Å². The van der Waals surface area contributed by atoms with Crippen molar-refractivity contribution < 1.29 is 19.1 Å². The number of amides is 1. The van der Waals surface area contributed by atoms with Crippen LogP contribution in [0, 0.1) is 6.92 Å². The van der Waals surface area contributed by atoms with Gasteiger partial charge in [-0.25, -0.2) is 4.79 Å². The van der Waals surface area contributed by atoms with E-state index in [0.29, 0.717) is 10.7 Å². The molecule has 0 bridgehead atoms. The number of aryl methyl sites for hydroxylation is 1. The number of rotatable bonds is 5. The fraction of sp³-hybridized carbons (Fsp3) is 0.167. The Morgan fingerprint density at radius 3 is 2.64 bits per heavy atom. The Balaban J connectivity index is 1.86. The third kappa shape index (κ3) is 3.83. The summed E-state index contributed by atoms with van der Waals surface area (Å²) in [6.45, 7) is 1.81. The predicted molar refractivity (Wildman–Crippen MR) is 100 cm³/mol. The molecule has 2 aromatic rings. The van der Waals surface area contributed by atoms with E-state index in [0.717, 1.165) is 23.1 Å². The lowest BCUT2D eigenvalue weighted by atomic mass is 10.0. The standard InChI is InChI=1S/C18H15NO4S2/c1-11-7-8-13(23-11)10-15-16(20)19(18(24)25-15)14(17(21)22)9-12-5-3-2-4-6-12/h2-8,10,14H,9H2,1H3,(H,21,22)/b15-10+. The summed E-state index contributed by atoms with van der Waals surface area (Å²) < 4.78 is 5.69. The molecule has 1 unspecified atom stereocenters. The Hall–Kier alpha value is -2.38. The van der Waals surface area contributed by atoms with Gasteiger partial charge in [0.2, 0.25) is 0 Å². The summed E-state index contributed by atoms with van der Waals surface area (Å²) in [6, 6.07) is 11.7. The first-order valence-electron chi connectivity index (χ1n) is 7.56. The van der Waals surface area contributed by atoms with Crippen molar-refractivity contribution in [3.05, 3.63) is 64.5 Å². The Morgan fingerprint density at radius 2 is 2.04 bits per heavy atom. The minimum Gasteiger partial charge on any atom is -0.480 e. The quantitative estimate of drug-likeness (QED) is 0.639. The maximum absolute atomic E-state index is 12.7. The number of hydrogen-bond donors (Lipinski definition) is 1. The first kappa shape index (κ1) is 17.4. The van der Waals surface area contributed by atoms with E-state index in [-0.39, 0.29) is 10.7 Å². The highest BCUT2D eigenvalue weighted by Crippen LogP contribution is 2.35. The van der Waals surface area contributed by atoms with Crippen molar-refractivity contribution in [3.8, 4) is 0 Å². The number of thioether (sulfide) groups is 1. The molecule has 7 heteroatoms. The average Bonchev–Trinajstić information content (AvgIpc) is 3.10. The number of carboxylic acid groups (broad SMARTS) is 1. The minimum atomic E-state index is -1.09. The number of benzene rings is 1. The number of furan rings is 1. The van der Waals surface area contributed by atoms with E-state index >= 15 is 0 Å². The first-order valence-corrected chi connectivity index (χ1v) is 8.78. The topological polar surface area (TPSA) is 70.8 Å². The van der Waals surface area contributed by atoms with Crippen LogP contribution in [0.2, 0.25) is 0 Å².